The highest BCUT2D eigenvalue weighted by Crippen LogP contribution is 2.13. The minimum atomic E-state index is -5.08. The van der Waals surface area contributed by atoms with E-state index in [1.165, 1.54) is 5.48 Å². The fourth-order valence-electron chi connectivity index (χ4n) is 0.525. The van der Waals surface area contributed by atoms with E-state index < -0.39 is 24.1 Å². The van der Waals surface area contributed by atoms with E-state index in [4.69, 9.17) is 20.8 Å². The summed E-state index contributed by atoms with van der Waals surface area (Å²) in [7, 11) is 0. The second kappa shape index (κ2) is 7.88. The van der Waals surface area contributed by atoms with Crippen molar-refractivity contribution in [2.24, 2.45) is 5.73 Å². The zero-order valence-corrected chi connectivity index (χ0v) is 8.41. The number of hydrogen-bond donors (Lipinski definition) is 4. The quantitative estimate of drug-likeness (QED) is 0.421. The molecule has 96 valence electrons. The van der Waals surface area contributed by atoms with Crippen molar-refractivity contribution in [1.82, 2.24) is 5.48 Å². The molecule has 0 saturated carbocycles. The van der Waals surface area contributed by atoms with Crippen LogP contribution in [0.5, 0.6) is 0 Å². The van der Waals surface area contributed by atoms with Gasteiger partial charge in [-0.25, -0.2) is 10.3 Å². The lowest BCUT2D eigenvalue weighted by Crippen LogP contribution is -2.38. The zero-order chi connectivity index (χ0) is 13.4. The van der Waals surface area contributed by atoms with Gasteiger partial charge in [0.2, 0.25) is 0 Å². The van der Waals surface area contributed by atoms with Crippen molar-refractivity contribution in [1.29, 1.82) is 0 Å². The number of halogens is 3. The Kier molecular flexibility index (Phi) is 8.40. The molecule has 6 nitrogen and oxygen atoms in total. The van der Waals surface area contributed by atoms with Gasteiger partial charge in [0, 0.05) is 0 Å². The van der Waals surface area contributed by atoms with Gasteiger partial charge in [0.1, 0.15) is 0 Å². The van der Waals surface area contributed by atoms with Crippen molar-refractivity contribution in [2.45, 2.75) is 32.0 Å². The van der Waals surface area contributed by atoms with Crippen LogP contribution < -0.4 is 11.2 Å². The summed E-state index contributed by atoms with van der Waals surface area (Å²) in [5.74, 6) is -3.27. The predicted octanol–water partition coefficient (Wildman–Crippen LogP) is 0.253. The van der Waals surface area contributed by atoms with Crippen molar-refractivity contribution in [2.75, 3.05) is 0 Å². The molecule has 0 aromatic heterocycles. The van der Waals surface area contributed by atoms with Gasteiger partial charge in [0.25, 0.3) is 5.91 Å². The van der Waals surface area contributed by atoms with Gasteiger partial charge in [-0.1, -0.05) is 13.3 Å². The molecule has 0 saturated heterocycles. The molecule has 0 bridgehead atoms. The molecule has 5 N–H and O–H groups in total. The summed E-state index contributed by atoms with van der Waals surface area (Å²) < 4.78 is 31.7. The fourth-order valence-corrected chi connectivity index (χ4v) is 0.525. The molecule has 0 aromatic rings. The van der Waals surface area contributed by atoms with Crippen molar-refractivity contribution < 1.29 is 33.1 Å². The second-order valence-electron chi connectivity index (χ2n) is 2.67. The van der Waals surface area contributed by atoms with E-state index in [-0.39, 0.29) is 0 Å². The Bertz CT molecular complexity index is 232. The molecule has 0 aromatic carbocycles. The first-order chi connectivity index (χ1) is 7.16. The SMILES string of the molecule is CCCC(N)C(=O)NO.O=C(O)C(F)(F)F. The van der Waals surface area contributed by atoms with Gasteiger partial charge in [-0.2, -0.15) is 13.2 Å². The Balaban J connectivity index is 0. The smallest absolute Gasteiger partial charge is 0.475 e. The Morgan fingerprint density at radius 2 is 1.81 bits per heavy atom. The van der Waals surface area contributed by atoms with E-state index >= 15 is 0 Å². The van der Waals surface area contributed by atoms with Gasteiger partial charge >= 0.3 is 12.1 Å². The minimum absolute atomic E-state index is 0.517. The Morgan fingerprint density at radius 1 is 1.44 bits per heavy atom. The van der Waals surface area contributed by atoms with Crippen LogP contribution in [-0.2, 0) is 9.59 Å². The molecule has 1 atom stereocenters. The zero-order valence-electron chi connectivity index (χ0n) is 8.41. The summed E-state index contributed by atoms with van der Waals surface area (Å²) in [6.45, 7) is 1.92. The standard InChI is InChI=1S/C5H12N2O2.C2HF3O2/c1-2-3-4(6)5(8)7-9;3-2(4,5)1(6)7/h4,9H,2-3,6H2,1H3,(H,7,8);(H,6,7). The summed E-state index contributed by atoms with van der Waals surface area (Å²) in [5, 5.41) is 15.2. The van der Waals surface area contributed by atoms with E-state index in [2.05, 4.69) is 0 Å². The number of rotatable bonds is 3. The highest BCUT2D eigenvalue weighted by Gasteiger charge is 2.38. The van der Waals surface area contributed by atoms with Gasteiger partial charge in [0.15, 0.2) is 0 Å². The third-order valence-electron chi connectivity index (χ3n) is 1.29. The van der Waals surface area contributed by atoms with Crippen molar-refractivity contribution >= 4 is 11.9 Å². The van der Waals surface area contributed by atoms with Crippen LogP contribution in [0.2, 0.25) is 0 Å². The molecule has 0 aliphatic heterocycles. The van der Waals surface area contributed by atoms with Gasteiger partial charge in [-0.15, -0.1) is 0 Å². The lowest BCUT2D eigenvalue weighted by molar-refractivity contribution is -0.192. The van der Waals surface area contributed by atoms with Crippen LogP contribution in [0.15, 0.2) is 0 Å². The highest BCUT2D eigenvalue weighted by molar-refractivity contribution is 5.80. The van der Waals surface area contributed by atoms with E-state index in [0.29, 0.717) is 6.42 Å². The third kappa shape index (κ3) is 9.21. The molecule has 16 heavy (non-hydrogen) atoms. The normalized spacial score (nSPS) is 12.1. The molecule has 0 heterocycles. The number of hydroxylamine groups is 1. The molecule has 0 aliphatic rings. The summed E-state index contributed by atoms with van der Waals surface area (Å²) in [6.07, 6.45) is -3.64. The van der Waals surface area contributed by atoms with Crippen molar-refractivity contribution in [3.63, 3.8) is 0 Å². The number of alkyl halides is 3. The van der Waals surface area contributed by atoms with Crippen LogP contribution in [0.3, 0.4) is 0 Å². The summed E-state index contributed by atoms with van der Waals surface area (Å²) in [5.41, 5.74) is 6.75. The number of carbonyl (C=O) groups is 2. The molecule has 0 spiro atoms. The molecular formula is C7H13F3N2O4. The van der Waals surface area contributed by atoms with Gasteiger partial charge in [0.05, 0.1) is 6.04 Å². The Labute approximate surface area is 89.2 Å². The highest BCUT2D eigenvalue weighted by atomic mass is 19.4. The lowest BCUT2D eigenvalue weighted by Gasteiger charge is -2.05. The fraction of sp³-hybridized carbons (Fsp3) is 0.714. The number of carbonyl (C=O) groups excluding carboxylic acids is 1. The number of nitrogens with one attached hydrogen (secondary N) is 1. The largest absolute Gasteiger partial charge is 0.490 e. The van der Waals surface area contributed by atoms with E-state index in [1.807, 2.05) is 6.92 Å². The number of carboxylic acids is 1. The summed E-state index contributed by atoms with van der Waals surface area (Å²) in [4.78, 5) is 19.3. The van der Waals surface area contributed by atoms with Gasteiger partial charge in [-0.3, -0.25) is 10.0 Å². The van der Waals surface area contributed by atoms with Crippen LogP contribution >= 0.6 is 0 Å². The number of aliphatic carboxylic acids is 1. The second-order valence-corrected chi connectivity index (χ2v) is 2.67. The molecule has 9 heteroatoms. The maximum absolute atomic E-state index is 10.6. The monoisotopic (exact) mass is 246 g/mol. The maximum Gasteiger partial charge on any atom is 0.490 e. The average molecular weight is 246 g/mol. The number of amides is 1. The van der Waals surface area contributed by atoms with Crippen LogP contribution in [0.1, 0.15) is 19.8 Å². The van der Waals surface area contributed by atoms with Gasteiger partial charge < -0.3 is 10.8 Å². The number of hydrogen-bond acceptors (Lipinski definition) is 4. The van der Waals surface area contributed by atoms with E-state index in [9.17, 15) is 18.0 Å². The number of carboxylic acid groups (broad SMARTS) is 1. The molecule has 1 unspecified atom stereocenters. The molecule has 0 rings (SSSR count). The van der Waals surface area contributed by atoms with E-state index in [1.54, 1.807) is 0 Å². The molecular weight excluding hydrogens is 233 g/mol. The van der Waals surface area contributed by atoms with Crippen LogP contribution in [0.4, 0.5) is 13.2 Å². The summed E-state index contributed by atoms with van der Waals surface area (Å²) in [6, 6.07) is -0.569. The van der Waals surface area contributed by atoms with Crippen LogP contribution in [0, 0.1) is 0 Å². The number of nitrogens with two attached hydrogens (primary N) is 1. The first kappa shape index (κ1) is 17.1. The lowest BCUT2D eigenvalue weighted by atomic mass is 10.2. The minimum Gasteiger partial charge on any atom is -0.475 e. The average Bonchev–Trinajstić information content (AvgIpc) is 2.16. The topological polar surface area (TPSA) is 113 Å². The molecule has 0 aliphatic carbocycles. The summed E-state index contributed by atoms with van der Waals surface area (Å²) >= 11 is 0. The Hall–Kier alpha value is -1.35. The van der Waals surface area contributed by atoms with Crippen LogP contribution in [-0.4, -0.2) is 34.4 Å². The van der Waals surface area contributed by atoms with E-state index in [0.717, 1.165) is 6.42 Å². The Morgan fingerprint density at radius 3 is 2.00 bits per heavy atom. The van der Waals surface area contributed by atoms with Gasteiger partial charge in [-0.05, 0) is 6.42 Å². The third-order valence-corrected chi connectivity index (χ3v) is 1.29. The van der Waals surface area contributed by atoms with Crippen LogP contribution in [0.25, 0.3) is 0 Å². The predicted molar refractivity (Wildman–Crippen MR) is 46.5 cm³/mol. The molecule has 0 radical (unpaired) electrons. The first-order valence-corrected chi connectivity index (χ1v) is 4.16. The maximum atomic E-state index is 10.6. The van der Waals surface area contributed by atoms with Crippen molar-refractivity contribution in [3.05, 3.63) is 0 Å². The first-order valence-electron chi connectivity index (χ1n) is 4.16. The molecule has 1 amide bonds. The molecule has 0 fully saturated rings. The van der Waals surface area contributed by atoms with Crippen molar-refractivity contribution in [3.8, 4) is 0 Å².